The van der Waals surface area contributed by atoms with Gasteiger partial charge in [0.1, 0.15) is 5.75 Å². The fraction of sp³-hybridized carbons (Fsp3) is 0.355. The average Bonchev–Trinajstić information content (AvgIpc) is 3.37. The second kappa shape index (κ2) is 11.3. The Bertz CT molecular complexity index is 1250. The van der Waals surface area contributed by atoms with Crippen molar-refractivity contribution < 1.29 is 9.53 Å². The molecule has 0 radical (unpaired) electrons. The number of piperazine rings is 1. The lowest BCUT2D eigenvalue weighted by atomic mass is 9.94. The number of amides is 1. The number of benzene rings is 3. The molecule has 1 amide bonds. The Hall–Kier alpha value is -3.48. The minimum Gasteiger partial charge on any atom is -0.497 e. The van der Waals surface area contributed by atoms with E-state index in [1.54, 1.807) is 12.1 Å². The predicted octanol–water partition coefficient (Wildman–Crippen LogP) is 4.81. The number of methoxy groups -OCH3 is 1. The topological polar surface area (TPSA) is 48.4 Å². The lowest BCUT2D eigenvalue weighted by Gasteiger charge is -2.35. The van der Waals surface area contributed by atoms with E-state index in [-0.39, 0.29) is 11.9 Å². The number of carbonyl (C=O) groups excluding carboxylic acids is 1. The number of hydrogen-bond acceptors (Lipinski definition) is 5. The maximum Gasteiger partial charge on any atom is 0.257 e. The first kappa shape index (κ1) is 25.2. The van der Waals surface area contributed by atoms with Gasteiger partial charge in [-0.2, -0.15) is 5.10 Å². The molecule has 2 aliphatic rings. The van der Waals surface area contributed by atoms with Crippen LogP contribution in [-0.4, -0.2) is 66.3 Å². The van der Waals surface area contributed by atoms with Crippen LogP contribution in [0.15, 0.2) is 77.9 Å². The minimum absolute atomic E-state index is 0.0610. The maximum atomic E-state index is 13.7. The molecule has 0 aromatic heterocycles. The third kappa shape index (κ3) is 5.92. The summed E-state index contributed by atoms with van der Waals surface area (Å²) in [7, 11) is 1.67. The van der Waals surface area contributed by atoms with Gasteiger partial charge in [0, 0.05) is 39.1 Å². The summed E-state index contributed by atoms with van der Waals surface area (Å²) in [5, 5.41) is 6.65. The lowest BCUT2D eigenvalue weighted by Crippen LogP contribution is -2.49. The van der Waals surface area contributed by atoms with Crippen molar-refractivity contribution in [3.63, 3.8) is 0 Å². The molecule has 6 nitrogen and oxygen atoms in total. The molecular weight excluding hydrogens is 460 g/mol. The highest BCUT2D eigenvalue weighted by Gasteiger charge is 2.35. The summed E-state index contributed by atoms with van der Waals surface area (Å²) in [6.45, 7) is 9.26. The number of carbonyl (C=O) groups is 1. The van der Waals surface area contributed by atoms with Gasteiger partial charge in [-0.25, -0.2) is 5.01 Å². The molecule has 1 saturated heterocycles. The highest BCUT2D eigenvalue weighted by atomic mass is 16.5. The summed E-state index contributed by atoms with van der Waals surface area (Å²) in [6.07, 6.45) is 0.702. The van der Waals surface area contributed by atoms with Crippen molar-refractivity contribution in [2.75, 3.05) is 39.8 Å². The van der Waals surface area contributed by atoms with E-state index in [2.05, 4.69) is 72.2 Å². The number of ether oxygens (including phenoxy) is 1. The molecule has 0 N–H and O–H groups in total. The lowest BCUT2D eigenvalue weighted by molar-refractivity contribution is -0.134. The summed E-state index contributed by atoms with van der Waals surface area (Å²) in [5.74, 6) is 0.874. The van der Waals surface area contributed by atoms with Gasteiger partial charge in [-0.05, 0) is 60.4 Å². The number of nitrogens with zero attached hydrogens (tertiary/aromatic N) is 4. The Labute approximate surface area is 220 Å². The summed E-state index contributed by atoms with van der Waals surface area (Å²) in [6, 6.07) is 24.9. The SMILES string of the molecule is COc1ccc(C2=NN(C(=O)CN3CCN(Cc4ccccc4)CC3)[C@H](c3cc(C)ccc3C)C2)cc1. The number of aryl methyl sites for hydroxylation is 2. The van der Waals surface area contributed by atoms with Crippen molar-refractivity contribution >= 4 is 11.6 Å². The third-order valence-electron chi connectivity index (χ3n) is 7.46. The third-order valence-corrected chi connectivity index (χ3v) is 7.46. The zero-order chi connectivity index (χ0) is 25.8. The van der Waals surface area contributed by atoms with Crippen molar-refractivity contribution in [1.82, 2.24) is 14.8 Å². The maximum absolute atomic E-state index is 13.7. The molecule has 192 valence electrons. The number of hydrazone groups is 1. The molecule has 37 heavy (non-hydrogen) atoms. The molecule has 0 spiro atoms. The van der Waals surface area contributed by atoms with Crippen LogP contribution in [0, 0.1) is 13.8 Å². The van der Waals surface area contributed by atoms with Gasteiger partial charge < -0.3 is 4.74 Å². The van der Waals surface area contributed by atoms with E-state index in [0.717, 1.165) is 49.7 Å². The average molecular weight is 497 g/mol. The normalized spacial score (nSPS) is 18.6. The first-order valence-electron chi connectivity index (χ1n) is 13.1. The standard InChI is InChI=1S/C31H36N4O2/c1-23-9-10-24(2)28(19-23)30-20-29(26-11-13-27(37-3)14-12-26)32-35(30)31(36)22-34-17-15-33(16-18-34)21-25-7-5-4-6-8-25/h4-14,19,30H,15-18,20-22H2,1-3H3/t30-/m0/s1. The molecule has 6 heteroatoms. The first-order chi connectivity index (χ1) is 18.0. The molecule has 1 fully saturated rings. The smallest absolute Gasteiger partial charge is 0.257 e. The molecule has 3 aromatic rings. The zero-order valence-corrected chi connectivity index (χ0v) is 22.1. The fourth-order valence-electron chi connectivity index (χ4n) is 5.27. The van der Waals surface area contributed by atoms with Crippen LogP contribution in [-0.2, 0) is 11.3 Å². The quantitative estimate of drug-likeness (QED) is 0.471. The van der Waals surface area contributed by atoms with Crippen LogP contribution >= 0.6 is 0 Å². The van der Waals surface area contributed by atoms with E-state index in [0.29, 0.717) is 13.0 Å². The summed E-state index contributed by atoms with van der Waals surface area (Å²) in [5.41, 5.74) is 6.86. The van der Waals surface area contributed by atoms with Gasteiger partial charge in [0.25, 0.3) is 5.91 Å². The van der Waals surface area contributed by atoms with Gasteiger partial charge in [-0.15, -0.1) is 0 Å². The van der Waals surface area contributed by atoms with Gasteiger partial charge in [0.2, 0.25) is 0 Å². The second-order valence-corrected chi connectivity index (χ2v) is 10.1. The van der Waals surface area contributed by atoms with Gasteiger partial charge >= 0.3 is 0 Å². The summed E-state index contributed by atoms with van der Waals surface area (Å²) in [4.78, 5) is 18.4. The monoisotopic (exact) mass is 496 g/mol. The zero-order valence-electron chi connectivity index (χ0n) is 22.1. The Morgan fingerprint density at radius 1 is 0.919 bits per heavy atom. The predicted molar refractivity (Wildman–Crippen MR) is 148 cm³/mol. The van der Waals surface area contributed by atoms with Crippen molar-refractivity contribution in [1.29, 1.82) is 0 Å². The second-order valence-electron chi connectivity index (χ2n) is 10.1. The molecule has 1 atom stereocenters. The molecule has 0 saturated carbocycles. The van der Waals surface area contributed by atoms with E-state index in [4.69, 9.17) is 9.84 Å². The molecule has 2 heterocycles. The van der Waals surface area contributed by atoms with Crippen molar-refractivity contribution in [3.8, 4) is 5.75 Å². The molecular formula is C31H36N4O2. The minimum atomic E-state index is -0.0936. The fourth-order valence-corrected chi connectivity index (χ4v) is 5.27. The Kier molecular flexibility index (Phi) is 7.68. The molecule has 0 aliphatic carbocycles. The molecule has 0 unspecified atom stereocenters. The number of rotatable bonds is 7. The van der Waals surface area contributed by atoms with Gasteiger partial charge in [-0.1, -0.05) is 54.1 Å². The highest BCUT2D eigenvalue weighted by molar-refractivity contribution is 6.03. The summed E-state index contributed by atoms with van der Waals surface area (Å²) < 4.78 is 5.32. The van der Waals surface area contributed by atoms with Crippen LogP contribution in [0.25, 0.3) is 0 Å². The molecule has 3 aromatic carbocycles. The van der Waals surface area contributed by atoms with Crippen LogP contribution in [0.4, 0.5) is 0 Å². The van der Waals surface area contributed by atoms with Crippen molar-refractivity contribution in [2.45, 2.75) is 32.9 Å². The van der Waals surface area contributed by atoms with E-state index < -0.39 is 0 Å². The Morgan fingerprint density at radius 3 is 2.32 bits per heavy atom. The van der Waals surface area contributed by atoms with Crippen LogP contribution in [0.1, 0.15) is 40.3 Å². The van der Waals surface area contributed by atoms with E-state index in [1.165, 1.54) is 22.3 Å². The van der Waals surface area contributed by atoms with Crippen LogP contribution in [0.3, 0.4) is 0 Å². The van der Waals surface area contributed by atoms with Gasteiger partial charge in [0.15, 0.2) is 0 Å². The van der Waals surface area contributed by atoms with E-state index in [1.807, 2.05) is 24.3 Å². The highest BCUT2D eigenvalue weighted by Crippen LogP contribution is 2.35. The van der Waals surface area contributed by atoms with Crippen molar-refractivity contribution in [2.24, 2.45) is 5.10 Å². The van der Waals surface area contributed by atoms with Crippen LogP contribution in [0.2, 0.25) is 0 Å². The molecule has 2 aliphatic heterocycles. The first-order valence-corrected chi connectivity index (χ1v) is 13.1. The Morgan fingerprint density at radius 2 is 1.62 bits per heavy atom. The molecule has 5 rings (SSSR count). The number of hydrogen-bond donors (Lipinski definition) is 0. The largest absolute Gasteiger partial charge is 0.497 e. The Balaban J connectivity index is 1.30. The van der Waals surface area contributed by atoms with Crippen LogP contribution < -0.4 is 4.74 Å². The van der Waals surface area contributed by atoms with Crippen LogP contribution in [0.5, 0.6) is 5.75 Å². The van der Waals surface area contributed by atoms with Gasteiger partial charge in [0.05, 0.1) is 25.4 Å². The summed E-state index contributed by atoms with van der Waals surface area (Å²) >= 11 is 0. The van der Waals surface area contributed by atoms with E-state index in [9.17, 15) is 4.79 Å². The van der Waals surface area contributed by atoms with Crippen molar-refractivity contribution in [3.05, 3.63) is 101 Å². The van der Waals surface area contributed by atoms with Gasteiger partial charge in [-0.3, -0.25) is 14.6 Å². The van der Waals surface area contributed by atoms with E-state index >= 15 is 0 Å². The molecule has 0 bridgehead atoms.